The largest absolute Gasteiger partial charge is 0.493 e. The highest BCUT2D eigenvalue weighted by Crippen LogP contribution is 2.36. The summed E-state index contributed by atoms with van der Waals surface area (Å²) >= 11 is 0. The van der Waals surface area contributed by atoms with Crippen molar-refractivity contribution in [1.29, 1.82) is 0 Å². The highest BCUT2D eigenvalue weighted by atomic mass is 16.5. The minimum absolute atomic E-state index is 0.551. The van der Waals surface area contributed by atoms with Gasteiger partial charge in [-0.25, -0.2) is 0 Å². The zero-order chi connectivity index (χ0) is 13.8. The quantitative estimate of drug-likeness (QED) is 0.897. The van der Waals surface area contributed by atoms with Crippen molar-refractivity contribution in [2.24, 2.45) is 0 Å². The summed E-state index contributed by atoms with van der Waals surface area (Å²) in [7, 11) is 0. The van der Waals surface area contributed by atoms with Crippen molar-refractivity contribution < 1.29 is 4.74 Å². The summed E-state index contributed by atoms with van der Waals surface area (Å²) in [6, 6.07) is 9.81. The van der Waals surface area contributed by atoms with Crippen molar-refractivity contribution in [2.75, 3.05) is 26.2 Å². The Balaban J connectivity index is 1.75. The van der Waals surface area contributed by atoms with Crippen LogP contribution < -0.4 is 10.1 Å². The smallest absolute Gasteiger partial charge is 0.124 e. The van der Waals surface area contributed by atoms with Gasteiger partial charge in [0.2, 0.25) is 0 Å². The number of fused-ring (bicyclic) bond motifs is 1. The predicted molar refractivity (Wildman–Crippen MR) is 82.2 cm³/mol. The monoisotopic (exact) mass is 274 g/mol. The Morgan fingerprint density at radius 3 is 3.05 bits per heavy atom. The summed E-state index contributed by atoms with van der Waals surface area (Å²) in [6.07, 6.45) is 4.87. The van der Waals surface area contributed by atoms with Gasteiger partial charge >= 0.3 is 0 Å². The molecule has 1 fully saturated rings. The average molecular weight is 274 g/mol. The van der Waals surface area contributed by atoms with E-state index in [1.807, 2.05) is 0 Å². The van der Waals surface area contributed by atoms with Crippen molar-refractivity contribution in [1.82, 2.24) is 10.2 Å². The summed E-state index contributed by atoms with van der Waals surface area (Å²) in [6.45, 7) is 6.69. The minimum atomic E-state index is 0.551. The molecule has 1 aromatic rings. The molecule has 2 aliphatic rings. The van der Waals surface area contributed by atoms with Gasteiger partial charge in [0.15, 0.2) is 0 Å². The molecule has 2 heterocycles. The highest BCUT2D eigenvalue weighted by Gasteiger charge is 2.27. The van der Waals surface area contributed by atoms with Crippen molar-refractivity contribution in [2.45, 2.75) is 44.7 Å². The third kappa shape index (κ3) is 2.99. The molecular formula is C17H26N2O. The van der Waals surface area contributed by atoms with Crippen LogP contribution in [0.3, 0.4) is 0 Å². The van der Waals surface area contributed by atoms with Gasteiger partial charge in [-0.3, -0.25) is 4.90 Å². The summed E-state index contributed by atoms with van der Waals surface area (Å²) in [4.78, 5) is 2.69. The summed E-state index contributed by atoms with van der Waals surface area (Å²) in [5.41, 5.74) is 1.39. The molecule has 0 radical (unpaired) electrons. The van der Waals surface area contributed by atoms with Gasteiger partial charge in [0.1, 0.15) is 5.75 Å². The Labute approximate surface area is 122 Å². The number of nitrogens with one attached hydrogen (secondary N) is 1. The zero-order valence-electron chi connectivity index (χ0n) is 12.5. The molecule has 0 amide bonds. The van der Waals surface area contributed by atoms with E-state index in [4.69, 9.17) is 4.74 Å². The molecule has 0 bridgehead atoms. The van der Waals surface area contributed by atoms with Gasteiger partial charge in [0, 0.05) is 30.6 Å². The normalized spacial score (nSPS) is 28.1. The Hall–Kier alpha value is -1.06. The summed E-state index contributed by atoms with van der Waals surface area (Å²) < 4.78 is 5.80. The number of benzene rings is 1. The van der Waals surface area contributed by atoms with Crippen LogP contribution in [0, 0.1) is 0 Å². The Bertz CT molecular complexity index is 435. The van der Waals surface area contributed by atoms with Crippen LogP contribution in [0.4, 0.5) is 0 Å². The maximum atomic E-state index is 5.80. The second kappa shape index (κ2) is 6.59. The molecule has 3 nitrogen and oxygen atoms in total. The number of ether oxygens (including phenoxy) is 1. The van der Waals surface area contributed by atoms with Crippen LogP contribution >= 0.6 is 0 Å². The number of rotatable bonds is 2. The number of hydrogen-bond acceptors (Lipinski definition) is 3. The van der Waals surface area contributed by atoms with Crippen molar-refractivity contribution in [3.63, 3.8) is 0 Å². The summed E-state index contributed by atoms with van der Waals surface area (Å²) in [5.74, 6) is 1.09. The molecule has 0 aromatic heterocycles. The van der Waals surface area contributed by atoms with Crippen LogP contribution in [0.25, 0.3) is 0 Å². The van der Waals surface area contributed by atoms with E-state index in [1.54, 1.807) is 0 Å². The molecule has 110 valence electrons. The molecule has 0 aliphatic carbocycles. The molecule has 1 N–H and O–H groups in total. The topological polar surface area (TPSA) is 24.5 Å². The van der Waals surface area contributed by atoms with Gasteiger partial charge in [-0.05, 0) is 38.4 Å². The standard InChI is InChI=1S/C17H26N2O/c1-2-14-8-12-19(11-5-10-18-14)16-9-13-20-17-7-4-3-6-15(16)17/h3-4,6-7,14,16,18H,2,5,8-13H2,1H3. The third-order valence-corrected chi connectivity index (χ3v) is 4.68. The van der Waals surface area contributed by atoms with Crippen LogP contribution in [-0.2, 0) is 0 Å². The number of nitrogens with zero attached hydrogens (tertiary/aromatic N) is 1. The van der Waals surface area contributed by atoms with E-state index in [9.17, 15) is 0 Å². The van der Waals surface area contributed by atoms with Gasteiger partial charge in [-0.2, -0.15) is 0 Å². The maximum absolute atomic E-state index is 5.80. The van der Waals surface area contributed by atoms with E-state index in [-0.39, 0.29) is 0 Å². The van der Waals surface area contributed by atoms with E-state index in [1.165, 1.54) is 37.9 Å². The van der Waals surface area contributed by atoms with E-state index in [2.05, 4.69) is 41.4 Å². The first-order valence-corrected chi connectivity index (χ1v) is 8.07. The molecule has 3 rings (SSSR count). The van der Waals surface area contributed by atoms with E-state index < -0.39 is 0 Å². The molecule has 2 aliphatic heterocycles. The van der Waals surface area contributed by atoms with Crippen LogP contribution in [0.1, 0.15) is 44.2 Å². The average Bonchev–Trinajstić information content (AvgIpc) is 2.47. The van der Waals surface area contributed by atoms with Gasteiger partial charge in [-0.1, -0.05) is 25.1 Å². The molecule has 20 heavy (non-hydrogen) atoms. The SMILES string of the molecule is CCC1CCN(C2CCOc3ccccc32)CCCN1. The maximum Gasteiger partial charge on any atom is 0.124 e. The lowest BCUT2D eigenvalue weighted by atomic mass is 9.97. The van der Waals surface area contributed by atoms with Crippen molar-refractivity contribution >= 4 is 0 Å². The lowest BCUT2D eigenvalue weighted by molar-refractivity contribution is 0.125. The minimum Gasteiger partial charge on any atom is -0.493 e. The fourth-order valence-corrected chi connectivity index (χ4v) is 3.49. The van der Waals surface area contributed by atoms with Crippen LogP contribution in [0.5, 0.6) is 5.75 Å². The molecule has 3 heteroatoms. The third-order valence-electron chi connectivity index (χ3n) is 4.68. The van der Waals surface area contributed by atoms with Crippen LogP contribution in [0.15, 0.2) is 24.3 Å². The fraction of sp³-hybridized carbons (Fsp3) is 0.647. The van der Waals surface area contributed by atoms with E-state index >= 15 is 0 Å². The first-order chi connectivity index (χ1) is 9.88. The molecule has 0 saturated carbocycles. The predicted octanol–water partition coefficient (Wildman–Crippen LogP) is 2.97. The highest BCUT2D eigenvalue weighted by molar-refractivity contribution is 5.37. The van der Waals surface area contributed by atoms with Gasteiger partial charge in [0.05, 0.1) is 6.61 Å². The Morgan fingerprint density at radius 1 is 1.25 bits per heavy atom. The number of hydrogen-bond donors (Lipinski definition) is 1. The van der Waals surface area contributed by atoms with E-state index in [0.29, 0.717) is 12.1 Å². The molecule has 1 aromatic carbocycles. The van der Waals surface area contributed by atoms with Crippen molar-refractivity contribution in [3.05, 3.63) is 29.8 Å². The molecule has 0 spiro atoms. The first kappa shape index (κ1) is 13.9. The number of para-hydroxylation sites is 1. The van der Waals surface area contributed by atoms with Gasteiger partial charge in [-0.15, -0.1) is 0 Å². The van der Waals surface area contributed by atoms with Gasteiger partial charge in [0.25, 0.3) is 0 Å². The lowest BCUT2D eigenvalue weighted by Gasteiger charge is -2.38. The van der Waals surface area contributed by atoms with Crippen molar-refractivity contribution in [3.8, 4) is 5.75 Å². The van der Waals surface area contributed by atoms with E-state index in [0.717, 1.165) is 25.3 Å². The molecular weight excluding hydrogens is 248 g/mol. The Morgan fingerprint density at radius 2 is 2.15 bits per heavy atom. The van der Waals surface area contributed by atoms with Gasteiger partial charge < -0.3 is 10.1 Å². The fourth-order valence-electron chi connectivity index (χ4n) is 3.49. The molecule has 2 atom stereocenters. The second-order valence-electron chi connectivity index (χ2n) is 5.93. The first-order valence-electron chi connectivity index (χ1n) is 8.07. The molecule has 1 saturated heterocycles. The zero-order valence-corrected chi connectivity index (χ0v) is 12.5. The van der Waals surface area contributed by atoms with Crippen LogP contribution in [-0.4, -0.2) is 37.2 Å². The Kier molecular flexibility index (Phi) is 4.58. The molecule has 2 unspecified atom stereocenters. The lowest BCUT2D eigenvalue weighted by Crippen LogP contribution is -2.42. The van der Waals surface area contributed by atoms with Crippen LogP contribution in [0.2, 0.25) is 0 Å². The second-order valence-corrected chi connectivity index (χ2v) is 5.93. The summed E-state index contributed by atoms with van der Waals surface area (Å²) in [5, 5.41) is 3.66.